The highest BCUT2D eigenvalue weighted by Crippen LogP contribution is 2.22. The highest BCUT2D eigenvalue weighted by molar-refractivity contribution is 4.88. The molecule has 1 heterocycles. The highest BCUT2D eigenvalue weighted by atomic mass is 16.7. The Morgan fingerprint density at radius 2 is 1.75 bits per heavy atom. The molecule has 6 nitrogen and oxygen atoms in total. The second-order valence-electron chi connectivity index (χ2n) is 4.42. The Hall–Kier alpha value is -0.240. The minimum Gasteiger partial charge on any atom is -0.394 e. The number of rotatable bonds is 4. The summed E-state index contributed by atoms with van der Waals surface area (Å²) in [6.07, 6.45) is -5.94. The summed E-state index contributed by atoms with van der Waals surface area (Å²) in [6, 6.07) is 0. The quantitative estimate of drug-likeness (QED) is 0.472. The largest absolute Gasteiger partial charge is 0.394 e. The van der Waals surface area contributed by atoms with Crippen molar-refractivity contribution < 1.29 is 29.9 Å². The molecule has 0 saturated carbocycles. The van der Waals surface area contributed by atoms with Crippen LogP contribution in [0.1, 0.15) is 13.8 Å². The van der Waals surface area contributed by atoms with Gasteiger partial charge in [-0.15, -0.1) is 0 Å². The van der Waals surface area contributed by atoms with Crippen molar-refractivity contribution >= 4 is 0 Å². The van der Waals surface area contributed by atoms with Crippen LogP contribution in [0.25, 0.3) is 0 Å². The SMILES string of the molecule is CC(C)CO[C@H]1O[C@H](CO)[C@H](O)[C@H](O)[C@H]1O. The van der Waals surface area contributed by atoms with E-state index in [-0.39, 0.29) is 5.92 Å². The van der Waals surface area contributed by atoms with Gasteiger partial charge in [0.1, 0.15) is 24.4 Å². The Labute approximate surface area is 94.4 Å². The van der Waals surface area contributed by atoms with Crippen LogP contribution in [0.5, 0.6) is 0 Å². The maximum absolute atomic E-state index is 9.59. The van der Waals surface area contributed by atoms with Gasteiger partial charge in [-0.05, 0) is 5.92 Å². The molecule has 0 bridgehead atoms. The minimum atomic E-state index is -1.37. The van der Waals surface area contributed by atoms with E-state index in [9.17, 15) is 15.3 Å². The number of hydrogen-bond acceptors (Lipinski definition) is 6. The lowest BCUT2D eigenvalue weighted by Crippen LogP contribution is -2.59. The third-order valence-corrected chi connectivity index (χ3v) is 2.44. The predicted octanol–water partition coefficient (Wildman–Crippen LogP) is -1.54. The molecule has 0 aromatic carbocycles. The molecule has 1 rings (SSSR count). The average Bonchev–Trinajstić information content (AvgIpc) is 2.25. The Morgan fingerprint density at radius 1 is 1.12 bits per heavy atom. The summed E-state index contributed by atoms with van der Waals surface area (Å²) in [5.74, 6) is 0.257. The lowest BCUT2D eigenvalue weighted by Gasteiger charge is -2.39. The monoisotopic (exact) mass is 236 g/mol. The van der Waals surface area contributed by atoms with Crippen molar-refractivity contribution in [1.82, 2.24) is 0 Å². The van der Waals surface area contributed by atoms with Gasteiger partial charge in [0.05, 0.1) is 13.2 Å². The van der Waals surface area contributed by atoms with E-state index < -0.39 is 37.3 Å². The Kier molecular flexibility index (Phi) is 5.10. The molecular weight excluding hydrogens is 216 g/mol. The van der Waals surface area contributed by atoms with Gasteiger partial charge in [0.2, 0.25) is 0 Å². The summed E-state index contributed by atoms with van der Waals surface area (Å²) in [5.41, 5.74) is 0. The Morgan fingerprint density at radius 3 is 2.25 bits per heavy atom. The lowest BCUT2D eigenvalue weighted by atomic mass is 9.99. The molecule has 4 N–H and O–H groups in total. The van der Waals surface area contributed by atoms with E-state index in [4.69, 9.17) is 14.6 Å². The molecule has 0 radical (unpaired) electrons. The summed E-state index contributed by atoms with van der Waals surface area (Å²) >= 11 is 0. The smallest absolute Gasteiger partial charge is 0.186 e. The minimum absolute atomic E-state index is 0.257. The van der Waals surface area contributed by atoms with Crippen LogP contribution in [0.4, 0.5) is 0 Å². The first-order chi connectivity index (χ1) is 7.47. The summed E-state index contributed by atoms with van der Waals surface area (Å²) in [5, 5.41) is 37.5. The van der Waals surface area contributed by atoms with Crippen molar-refractivity contribution in [3.8, 4) is 0 Å². The predicted molar refractivity (Wildman–Crippen MR) is 54.6 cm³/mol. The van der Waals surface area contributed by atoms with E-state index in [1.54, 1.807) is 0 Å². The molecule has 96 valence electrons. The van der Waals surface area contributed by atoms with Crippen LogP contribution in [0.2, 0.25) is 0 Å². The molecule has 0 aromatic heterocycles. The maximum Gasteiger partial charge on any atom is 0.186 e. The Bertz CT molecular complexity index is 207. The van der Waals surface area contributed by atoms with Crippen molar-refractivity contribution in [2.45, 2.75) is 44.6 Å². The van der Waals surface area contributed by atoms with Crippen molar-refractivity contribution in [3.05, 3.63) is 0 Å². The van der Waals surface area contributed by atoms with Gasteiger partial charge in [0.15, 0.2) is 6.29 Å². The standard InChI is InChI=1S/C10H20O6/c1-5(2)4-15-10-9(14)8(13)7(12)6(3-11)16-10/h5-14H,3-4H2,1-2H3/t6-,7+,8+,9-,10+/m1/s1. The molecule has 16 heavy (non-hydrogen) atoms. The maximum atomic E-state index is 9.59. The fourth-order valence-corrected chi connectivity index (χ4v) is 1.49. The molecule has 6 heteroatoms. The van der Waals surface area contributed by atoms with Gasteiger partial charge in [-0.3, -0.25) is 0 Å². The number of ether oxygens (including phenoxy) is 2. The topological polar surface area (TPSA) is 99.4 Å². The molecule has 1 aliphatic heterocycles. The van der Waals surface area contributed by atoms with Crippen LogP contribution >= 0.6 is 0 Å². The number of aliphatic hydroxyl groups excluding tert-OH is 4. The van der Waals surface area contributed by atoms with E-state index in [0.29, 0.717) is 6.61 Å². The van der Waals surface area contributed by atoms with Crippen molar-refractivity contribution in [3.63, 3.8) is 0 Å². The normalized spacial score (nSPS) is 40.3. The zero-order valence-electron chi connectivity index (χ0n) is 9.48. The zero-order chi connectivity index (χ0) is 12.3. The molecule has 1 aliphatic rings. The molecule has 0 amide bonds. The van der Waals surface area contributed by atoms with Crippen LogP contribution in [-0.4, -0.2) is 64.3 Å². The van der Waals surface area contributed by atoms with Crippen molar-refractivity contribution in [2.24, 2.45) is 5.92 Å². The van der Waals surface area contributed by atoms with Crippen molar-refractivity contribution in [2.75, 3.05) is 13.2 Å². The van der Waals surface area contributed by atoms with Gasteiger partial charge in [-0.2, -0.15) is 0 Å². The molecular formula is C10H20O6. The van der Waals surface area contributed by atoms with Crippen molar-refractivity contribution in [1.29, 1.82) is 0 Å². The number of aliphatic hydroxyl groups is 4. The third-order valence-electron chi connectivity index (χ3n) is 2.44. The van der Waals surface area contributed by atoms with Gasteiger partial charge in [0, 0.05) is 0 Å². The molecule has 0 aliphatic carbocycles. The molecule has 1 saturated heterocycles. The van der Waals surface area contributed by atoms with Crippen LogP contribution < -0.4 is 0 Å². The Balaban J connectivity index is 2.56. The first kappa shape index (κ1) is 13.8. The first-order valence-corrected chi connectivity index (χ1v) is 5.39. The van der Waals surface area contributed by atoms with E-state index in [2.05, 4.69) is 0 Å². The van der Waals surface area contributed by atoms with Crippen LogP contribution in [0.3, 0.4) is 0 Å². The van der Waals surface area contributed by atoms with E-state index in [1.807, 2.05) is 13.8 Å². The van der Waals surface area contributed by atoms with Gasteiger partial charge in [-0.25, -0.2) is 0 Å². The number of hydrogen-bond donors (Lipinski definition) is 4. The molecule has 0 unspecified atom stereocenters. The molecule has 1 fully saturated rings. The highest BCUT2D eigenvalue weighted by Gasteiger charge is 2.43. The summed E-state index contributed by atoms with van der Waals surface area (Å²) in [4.78, 5) is 0. The fourth-order valence-electron chi connectivity index (χ4n) is 1.49. The second-order valence-corrected chi connectivity index (χ2v) is 4.42. The first-order valence-electron chi connectivity index (χ1n) is 5.39. The van der Waals surface area contributed by atoms with Gasteiger partial charge in [0.25, 0.3) is 0 Å². The van der Waals surface area contributed by atoms with Gasteiger partial charge >= 0.3 is 0 Å². The van der Waals surface area contributed by atoms with Crippen LogP contribution in [0.15, 0.2) is 0 Å². The summed E-state index contributed by atoms with van der Waals surface area (Å²) in [6.45, 7) is 3.79. The van der Waals surface area contributed by atoms with Crippen LogP contribution in [0, 0.1) is 5.92 Å². The molecule has 5 atom stereocenters. The van der Waals surface area contributed by atoms with E-state index in [0.717, 1.165) is 0 Å². The summed E-state index contributed by atoms with van der Waals surface area (Å²) in [7, 11) is 0. The van der Waals surface area contributed by atoms with Gasteiger partial charge < -0.3 is 29.9 Å². The summed E-state index contributed by atoms with van der Waals surface area (Å²) < 4.78 is 10.4. The van der Waals surface area contributed by atoms with Crippen LogP contribution in [-0.2, 0) is 9.47 Å². The zero-order valence-corrected chi connectivity index (χ0v) is 9.48. The lowest BCUT2D eigenvalue weighted by molar-refractivity contribution is -0.302. The third kappa shape index (κ3) is 3.13. The molecule has 0 spiro atoms. The van der Waals surface area contributed by atoms with E-state index in [1.165, 1.54) is 0 Å². The fraction of sp³-hybridized carbons (Fsp3) is 1.00. The second kappa shape index (κ2) is 5.90. The van der Waals surface area contributed by atoms with Gasteiger partial charge in [-0.1, -0.05) is 13.8 Å². The molecule has 0 aromatic rings. The van der Waals surface area contributed by atoms with E-state index >= 15 is 0 Å². The average molecular weight is 236 g/mol.